The number of hydrogen-bond donors (Lipinski definition) is 2. The van der Waals surface area contributed by atoms with Gasteiger partial charge in [0, 0.05) is 12.8 Å². The minimum atomic E-state index is -1.12. The van der Waals surface area contributed by atoms with Gasteiger partial charge in [0.25, 0.3) is 5.91 Å². The Balaban J connectivity index is 2.09. The average molecular weight is 303 g/mol. The fourth-order valence-corrected chi connectivity index (χ4v) is 1.99. The molecule has 0 saturated heterocycles. The summed E-state index contributed by atoms with van der Waals surface area (Å²) in [6, 6.07) is 8.31. The van der Waals surface area contributed by atoms with Crippen LogP contribution in [0, 0.1) is 0 Å². The minimum absolute atomic E-state index is 0.160. The van der Waals surface area contributed by atoms with Crippen molar-refractivity contribution < 1.29 is 19.5 Å². The van der Waals surface area contributed by atoms with Gasteiger partial charge >= 0.3 is 5.97 Å². The Morgan fingerprint density at radius 3 is 2.64 bits per heavy atom. The first kappa shape index (κ1) is 15.7. The van der Waals surface area contributed by atoms with Gasteiger partial charge in [0.15, 0.2) is 0 Å². The molecule has 7 heteroatoms. The van der Waals surface area contributed by atoms with Gasteiger partial charge in [-0.1, -0.05) is 30.3 Å². The molecule has 0 radical (unpaired) electrons. The maximum atomic E-state index is 12.0. The zero-order valence-corrected chi connectivity index (χ0v) is 12.2. The Morgan fingerprint density at radius 1 is 1.32 bits per heavy atom. The molecule has 0 bridgehead atoms. The van der Waals surface area contributed by atoms with Gasteiger partial charge in [-0.25, -0.2) is 5.01 Å². The number of carboxylic acids is 1. The molecule has 0 unspecified atom stereocenters. The van der Waals surface area contributed by atoms with Gasteiger partial charge < -0.3 is 10.4 Å². The number of carboxylic acid groups (broad SMARTS) is 1. The highest BCUT2D eigenvalue weighted by Gasteiger charge is 2.26. The fraction of sp³-hybridized carbons (Fsp3) is 0.333. The number of rotatable bonds is 5. The third-order valence-electron chi connectivity index (χ3n) is 3.26. The molecular weight excluding hydrogens is 286 g/mol. The minimum Gasteiger partial charge on any atom is -0.480 e. The molecule has 2 N–H and O–H groups in total. The van der Waals surface area contributed by atoms with Gasteiger partial charge in [0.1, 0.15) is 11.8 Å². The first-order valence-electron chi connectivity index (χ1n) is 6.93. The van der Waals surface area contributed by atoms with Crippen molar-refractivity contribution in [3.05, 3.63) is 35.9 Å². The first-order valence-corrected chi connectivity index (χ1v) is 6.93. The van der Waals surface area contributed by atoms with E-state index in [9.17, 15) is 14.4 Å². The number of benzene rings is 1. The monoisotopic (exact) mass is 303 g/mol. The Hall–Kier alpha value is -2.70. The van der Waals surface area contributed by atoms with E-state index in [-0.39, 0.29) is 31.0 Å². The van der Waals surface area contributed by atoms with Crippen LogP contribution in [0.15, 0.2) is 35.4 Å². The summed E-state index contributed by atoms with van der Waals surface area (Å²) in [5.74, 6) is -1.84. The van der Waals surface area contributed by atoms with Gasteiger partial charge in [-0.3, -0.25) is 14.4 Å². The molecule has 2 rings (SSSR count). The number of nitrogens with one attached hydrogen (secondary N) is 1. The second-order valence-corrected chi connectivity index (χ2v) is 5.02. The summed E-state index contributed by atoms with van der Waals surface area (Å²) < 4.78 is 0. The molecule has 0 aliphatic carbocycles. The molecule has 116 valence electrons. The number of hydrazone groups is 1. The number of aliphatic carboxylic acids is 1. The largest absolute Gasteiger partial charge is 0.480 e. The van der Waals surface area contributed by atoms with Gasteiger partial charge in [-0.2, -0.15) is 5.10 Å². The summed E-state index contributed by atoms with van der Waals surface area (Å²) in [5, 5.41) is 16.5. The second kappa shape index (κ2) is 6.84. The lowest BCUT2D eigenvalue weighted by atomic mass is 10.1. The maximum absolute atomic E-state index is 12.0. The standard InChI is InChI=1S/C15H17N3O4/c1-10(15(21)22)16-14(20)12-7-8-13(19)18(17-12)9-11-5-3-2-4-6-11/h2-6,10H,7-9H2,1H3,(H,16,20)(H,21,22)/t10-/m0/s1. The van der Waals surface area contributed by atoms with E-state index in [4.69, 9.17) is 5.11 Å². The summed E-state index contributed by atoms with van der Waals surface area (Å²) in [6.07, 6.45) is 0.392. The van der Waals surface area contributed by atoms with Crippen LogP contribution in [0.4, 0.5) is 0 Å². The van der Waals surface area contributed by atoms with Crippen LogP contribution < -0.4 is 5.32 Å². The Kier molecular flexibility index (Phi) is 4.88. The summed E-state index contributed by atoms with van der Waals surface area (Å²) in [6.45, 7) is 1.65. The van der Waals surface area contributed by atoms with Gasteiger partial charge in [-0.05, 0) is 12.5 Å². The van der Waals surface area contributed by atoms with Crippen LogP contribution in [0.5, 0.6) is 0 Å². The van der Waals surface area contributed by atoms with E-state index in [1.54, 1.807) is 0 Å². The summed E-state index contributed by atoms with van der Waals surface area (Å²) in [4.78, 5) is 34.6. The van der Waals surface area contributed by atoms with Gasteiger partial charge in [-0.15, -0.1) is 0 Å². The molecule has 0 fully saturated rings. The van der Waals surface area contributed by atoms with Crippen molar-refractivity contribution in [3.8, 4) is 0 Å². The van der Waals surface area contributed by atoms with Crippen LogP contribution in [0.1, 0.15) is 25.3 Å². The van der Waals surface area contributed by atoms with Crippen molar-refractivity contribution in [2.24, 2.45) is 5.10 Å². The third-order valence-corrected chi connectivity index (χ3v) is 3.26. The number of carbonyl (C=O) groups is 3. The van der Waals surface area contributed by atoms with Crippen molar-refractivity contribution in [2.75, 3.05) is 0 Å². The van der Waals surface area contributed by atoms with Crippen LogP contribution in [-0.4, -0.2) is 39.7 Å². The van der Waals surface area contributed by atoms with E-state index in [1.165, 1.54) is 11.9 Å². The molecule has 1 aliphatic rings. The Labute approximate surface area is 127 Å². The summed E-state index contributed by atoms with van der Waals surface area (Å²) in [7, 11) is 0. The van der Waals surface area contributed by atoms with Crippen LogP contribution >= 0.6 is 0 Å². The molecular formula is C15H17N3O4. The number of amides is 2. The summed E-state index contributed by atoms with van der Waals surface area (Å²) >= 11 is 0. The predicted molar refractivity (Wildman–Crippen MR) is 78.9 cm³/mol. The van der Waals surface area contributed by atoms with E-state index in [0.717, 1.165) is 5.56 Å². The lowest BCUT2D eigenvalue weighted by Gasteiger charge is -2.23. The Morgan fingerprint density at radius 2 is 2.00 bits per heavy atom. The predicted octanol–water partition coefficient (Wildman–Crippen LogP) is 0.754. The van der Waals surface area contributed by atoms with Crippen LogP contribution in [0.25, 0.3) is 0 Å². The quantitative estimate of drug-likeness (QED) is 0.838. The molecule has 1 heterocycles. The Bertz CT molecular complexity index is 612. The molecule has 1 atom stereocenters. The van der Waals surface area contributed by atoms with Gasteiger partial charge in [0.05, 0.1) is 6.54 Å². The van der Waals surface area contributed by atoms with Crippen molar-refractivity contribution in [1.82, 2.24) is 10.3 Å². The highest BCUT2D eigenvalue weighted by atomic mass is 16.4. The lowest BCUT2D eigenvalue weighted by molar-refractivity contribution is -0.140. The molecule has 7 nitrogen and oxygen atoms in total. The van der Waals surface area contributed by atoms with Crippen molar-refractivity contribution in [2.45, 2.75) is 32.4 Å². The first-order chi connectivity index (χ1) is 10.5. The van der Waals surface area contributed by atoms with Crippen molar-refractivity contribution >= 4 is 23.5 Å². The molecule has 0 saturated carbocycles. The van der Waals surface area contributed by atoms with Crippen LogP contribution in [0.2, 0.25) is 0 Å². The molecule has 0 aromatic heterocycles. The zero-order valence-electron chi connectivity index (χ0n) is 12.2. The highest BCUT2D eigenvalue weighted by Crippen LogP contribution is 2.13. The van der Waals surface area contributed by atoms with E-state index in [0.29, 0.717) is 0 Å². The van der Waals surface area contributed by atoms with E-state index in [2.05, 4.69) is 10.4 Å². The molecule has 1 aliphatic heterocycles. The van der Waals surface area contributed by atoms with Crippen molar-refractivity contribution in [3.63, 3.8) is 0 Å². The average Bonchev–Trinajstić information content (AvgIpc) is 2.50. The van der Waals surface area contributed by atoms with E-state index >= 15 is 0 Å². The lowest BCUT2D eigenvalue weighted by Crippen LogP contribution is -2.44. The van der Waals surface area contributed by atoms with Crippen LogP contribution in [0.3, 0.4) is 0 Å². The third kappa shape index (κ3) is 3.91. The molecule has 2 amide bonds. The molecule has 0 spiro atoms. The van der Waals surface area contributed by atoms with E-state index in [1.807, 2.05) is 30.3 Å². The number of carbonyl (C=O) groups excluding carboxylic acids is 2. The van der Waals surface area contributed by atoms with Crippen molar-refractivity contribution in [1.29, 1.82) is 0 Å². The smallest absolute Gasteiger partial charge is 0.325 e. The van der Waals surface area contributed by atoms with E-state index < -0.39 is 17.9 Å². The SMILES string of the molecule is C[C@H](NC(=O)C1=NN(Cc2ccccc2)C(=O)CC1)C(=O)O. The topological polar surface area (TPSA) is 99.1 Å². The van der Waals surface area contributed by atoms with Gasteiger partial charge in [0.2, 0.25) is 5.91 Å². The second-order valence-electron chi connectivity index (χ2n) is 5.02. The van der Waals surface area contributed by atoms with Crippen LogP contribution in [-0.2, 0) is 20.9 Å². The molecule has 1 aromatic carbocycles. The molecule has 1 aromatic rings. The fourth-order valence-electron chi connectivity index (χ4n) is 1.99. The normalized spacial score (nSPS) is 16.0. The number of nitrogens with zero attached hydrogens (tertiary/aromatic N) is 2. The maximum Gasteiger partial charge on any atom is 0.325 e. The number of hydrogen-bond acceptors (Lipinski definition) is 4. The summed E-state index contributed by atoms with van der Waals surface area (Å²) in [5.41, 5.74) is 1.07. The zero-order chi connectivity index (χ0) is 16.1. The molecule has 22 heavy (non-hydrogen) atoms. The highest BCUT2D eigenvalue weighted by molar-refractivity contribution is 6.39.